The van der Waals surface area contributed by atoms with Gasteiger partial charge in [0.2, 0.25) is 5.91 Å². The zero-order chi connectivity index (χ0) is 29.2. The molecule has 0 aliphatic rings. The molecule has 6 N–H and O–H groups in total. The standard InChI is InChI=1S/2C12H13NO6.Ca/c2*1-6(14)13-9-3-2-7(15)4-8(9)10(16)5-11(17)12(18)19;/h2*2-4,11,15,17H,5H2,1H3,(H,13,14)(H,18,19);/q;;+2/p-2/t2*11-;/m00./s1. The van der Waals surface area contributed by atoms with Crippen molar-refractivity contribution >= 4 is 84.4 Å². The molecule has 2 aromatic rings. The predicted octanol–water partition coefficient (Wildman–Crippen LogP) is -0.823. The maximum Gasteiger partial charge on any atom is 2.00 e. The zero-order valence-electron chi connectivity index (χ0n) is 20.8. The Labute approximate surface area is 251 Å². The number of nitrogens with one attached hydrogen (secondary N) is 1. The molecule has 39 heavy (non-hydrogen) atoms. The number of phenols is 1. The molecular formula is C24H24CaN2O12. The molecule has 2 rings (SSSR count). The molecule has 204 valence electrons. The molecular weight excluding hydrogens is 548 g/mol. The third-order valence-corrected chi connectivity index (χ3v) is 4.49. The average Bonchev–Trinajstić information content (AvgIpc) is 2.80. The largest absolute Gasteiger partial charge is 2.00 e. The van der Waals surface area contributed by atoms with Crippen LogP contribution < -0.4 is 15.5 Å². The van der Waals surface area contributed by atoms with Gasteiger partial charge in [-0.3, -0.25) is 19.4 Å². The number of carbonyl (C=O) groups excluding carboxylic acids is 3. The summed E-state index contributed by atoms with van der Waals surface area (Å²) >= 11 is 0. The number of carbonyl (C=O) groups is 5. The van der Waals surface area contributed by atoms with Crippen molar-refractivity contribution in [3.8, 4) is 11.5 Å². The summed E-state index contributed by atoms with van der Waals surface area (Å²) in [5, 5.41) is 69.1. The van der Waals surface area contributed by atoms with Gasteiger partial charge in [0.1, 0.15) is 5.75 Å². The van der Waals surface area contributed by atoms with Crippen molar-refractivity contribution in [2.24, 2.45) is 4.99 Å². The van der Waals surface area contributed by atoms with Crippen LogP contribution in [0.5, 0.6) is 11.5 Å². The number of aliphatic hydroxyl groups excluding tert-OH is 2. The number of aliphatic hydroxyl groups is 2. The van der Waals surface area contributed by atoms with Crippen molar-refractivity contribution < 1.29 is 59.7 Å². The van der Waals surface area contributed by atoms with Gasteiger partial charge in [0.05, 0.1) is 11.4 Å². The fraction of sp³-hybridized carbons (Fsp3) is 0.250. The molecule has 0 aliphatic carbocycles. The summed E-state index contributed by atoms with van der Waals surface area (Å²) in [4.78, 5) is 59.1. The first-order valence-corrected chi connectivity index (χ1v) is 10.6. The minimum Gasteiger partial charge on any atom is -0.872 e. The molecule has 0 aromatic heterocycles. The van der Waals surface area contributed by atoms with Crippen LogP contribution in [0.1, 0.15) is 47.4 Å². The summed E-state index contributed by atoms with van der Waals surface area (Å²) in [6.07, 6.45) is -5.04. The van der Waals surface area contributed by atoms with E-state index < -0.39 is 66.1 Å². The number of amides is 1. The van der Waals surface area contributed by atoms with E-state index in [1.165, 1.54) is 32.0 Å². The number of carboxylic acids is 2. The Morgan fingerprint density at radius 2 is 1.38 bits per heavy atom. The van der Waals surface area contributed by atoms with Crippen LogP contribution in [0, 0.1) is 0 Å². The van der Waals surface area contributed by atoms with Crippen molar-refractivity contribution in [1.29, 1.82) is 0 Å². The number of hydrogen-bond donors (Lipinski definition) is 6. The van der Waals surface area contributed by atoms with E-state index in [-0.39, 0.29) is 66.0 Å². The maximum atomic E-state index is 11.8. The van der Waals surface area contributed by atoms with Gasteiger partial charge < -0.3 is 41.1 Å². The van der Waals surface area contributed by atoms with Gasteiger partial charge in [0.15, 0.2) is 23.8 Å². The van der Waals surface area contributed by atoms with Gasteiger partial charge in [-0.25, -0.2) is 9.59 Å². The van der Waals surface area contributed by atoms with E-state index in [4.69, 9.17) is 20.4 Å². The van der Waals surface area contributed by atoms with Crippen LogP contribution in [0.4, 0.5) is 11.4 Å². The normalized spacial score (nSPS) is 12.1. The Hall–Kier alpha value is -3.56. The van der Waals surface area contributed by atoms with E-state index in [2.05, 4.69) is 10.3 Å². The third kappa shape index (κ3) is 12.2. The summed E-state index contributed by atoms with van der Waals surface area (Å²) in [5.41, 5.74) is -0.110. The first-order chi connectivity index (χ1) is 17.6. The molecule has 0 bridgehead atoms. The van der Waals surface area contributed by atoms with Gasteiger partial charge in [0, 0.05) is 30.9 Å². The SMILES string of the molecule is CC(=O)Nc1ccc(O)cc1C(=O)C[C@H](O)C(=O)O.CC([O-])=Nc1ccc([O-])cc1C(=O)C[C@H](O)C(=O)O.[Ca+2]. The minimum absolute atomic E-state index is 0. The quantitative estimate of drug-likeness (QED) is 0.0671. The van der Waals surface area contributed by atoms with E-state index in [9.17, 15) is 39.3 Å². The Morgan fingerprint density at radius 3 is 1.85 bits per heavy atom. The molecule has 0 radical (unpaired) electrons. The topological polar surface area (TPSA) is 257 Å². The Morgan fingerprint density at radius 1 is 0.872 bits per heavy atom. The summed E-state index contributed by atoms with van der Waals surface area (Å²) < 4.78 is 0. The van der Waals surface area contributed by atoms with Crippen molar-refractivity contribution in [3.63, 3.8) is 0 Å². The Balaban J connectivity index is 0.000000722. The average molecular weight is 573 g/mol. The molecule has 0 aliphatic heterocycles. The predicted molar refractivity (Wildman–Crippen MR) is 132 cm³/mol. The number of Topliss-reactive ketones (excluding diaryl/α,β-unsaturated/α-hetero) is 2. The first kappa shape index (κ1) is 35.4. The molecule has 0 saturated carbocycles. The first-order valence-electron chi connectivity index (χ1n) is 10.6. The van der Waals surface area contributed by atoms with Crippen LogP contribution in [0.2, 0.25) is 0 Å². The molecule has 0 spiro atoms. The van der Waals surface area contributed by atoms with Crippen molar-refractivity contribution in [2.75, 3.05) is 5.32 Å². The van der Waals surface area contributed by atoms with Gasteiger partial charge in [-0.2, -0.15) is 0 Å². The number of benzene rings is 2. The number of aromatic hydroxyl groups is 1. The summed E-state index contributed by atoms with van der Waals surface area (Å²) in [7, 11) is 0. The molecule has 0 unspecified atom stereocenters. The van der Waals surface area contributed by atoms with E-state index in [0.29, 0.717) is 0 Å². The number of carboxylic acid groups (broad SMARTS) is 2. The molecule has 2 aromatic carbocycles. The van der Waals surface area contributed by atoms with E-state index >= 15 is 0 Å². The maximum absolute atomic E-state index is 11.8. The van der Waals surface area contributed by atoms with Crippen molar-refractivity contribution in [1.82, 2.24) is 0 Å². The molecule has 14 nitrogen and oxygen atoms in total. The number of hydrogen-bond acceptors (Lipinski definition) is 11. The molecule has 0 fully saturated rings. The second-order valence-electron chi connectivity index (χ2n) is 7.68. The van der Waals surface area contributed by atoms with Gasteiger partial charge in [-0.15, -0.1) is 5.75 Å². The van der Waals surface area contributed by atoms with Crippen LogP contribution >= 0.6 is 0 Å². The fourth-order valence-electron chi connectivity index (χ4n) is 2.81. The number of nitrogens with zero attached hydrogens (tertiary/aromatic N) is 1. The monoisotopic (exact) mass is 572 g/mol. The van der Waals surface area contributed by atoms with Gasteiger partial charge >= 0.3 is 49.7 Å². The number of aliphatic carboxylic acids is 2. The molecule has 0 saturated heterocycles. The van der Waals surface area contributed by atoms with E-state index in [1.807, 2.05) is 0 Å². The van der Waals surface area contributed by atoms with Crippen LogP contribution in [-0.2, 0) is 14.4 Å². The molecule has 2 atom stereocenters. The smallest absolute Gasteiger partial charge is 0.872 e. The number of aliphatic imine (C=N–C) groups is 1. The van der Waals surface area contributed by atoms with Crippen LogP contribution in [0.3, 0.4) is 0 Å². The Kier molecular flexibility index (Phi) is 14.9. The molecule has 0 heterocycles. The van der Waals surface area contributed by atoms with Gasteiger partial charge in [-0.05, 0) is 37.1 Å². The minimum atomic E-state index is -1.87. The number of anilines is 1. The van der Waals surface area contributed by atoms with Gasteiger partial charge in [0.25, 0.3) is 0 Å². The number of rotatable bonds is 10. The van der Waals surface area contributed by atoms with E-state index in [1.54, 1.807) is 0 Å². The van der Waals surface area contributed by atoms with Crippen LogP contribution in [0.25, 0.3) is 0 Å². The zero-order valence-corrected chi connectivity index (χ0v) is 23.0. The Bertz CT molecular complexity index is 1260. The summed E-state index contributed by atoms with van der Waals surface area (Å²) in [6.45, 7) is 2.42. The number of ketones is 2. The van der Waals surface area contributed by atoms with E-state index in [0.717, 1.165) is 18.2 Å². The second kappa shape index (κ2) is 16.4. The summed E-state index contributed by atoms with van der Waals surface area (Å²) in [6, 6.07) is 6.98. The van der Waals surface area contributed by atoms with Crippen LogP contribution in [-0.4, -0.2) is 111 Å². The van der Waals surface area contributed by atoms with Crippen molar-refractivity contribution in [3.05, 3.63) is 47.5 Å². The number of phenolic OH excluding ortho intramolecular Hbond substituents is 1. The van der Waals surface area contributed by atoms with Crippen molar-refractivity contribution in [2.45, 2.75) is 38.9 Å². The molecule has 1 amide bonds. The van der Waals surface area contributed by atoms with Gasteiger partial charge in [-0.1, -0.05) is 12.1 Å². The fourth-order valence-corrected chi connectivity index (χ4v) is 2.81. The summed E-state index contributed by atoms with van der Waals surface area (Å²) in [5.74, 6) is -6.20. The third-order valence-electron chi connectivity index (χ3n) is 4.49. The van der Waals surface area contributed by atoms with Crippen LogP contribution in [0.15, 0.2) is 41.4 Å². The second-order valence-corrected chi connectivity index (χ2v) is 7.68. The molecule has 15 heteroatoms.